The third-order valence-electron chi connectivity index (χ3n) is 7.11. The number of rotatable bonds is 6. The summed E-state index contributed by atoms with van der Waals surface area (Å²) in [5, 5.41) is 0. The molecule has 0 fully saturated rings. The van der Waals surface area contributed by atoms with E-state index in [4.69, 9.17) is 0 Å². The lowest BCUT2D eigenvalue weighted by molar-refractivity contribution is 0.151. The van der Waals surface area contributed by atoms with Crippen LogP contribution in [0.3, 0.4) is 0 Å². The van der Waals surface area contributed by atoms with Crippen LogP contribution in [-0.2, 0) is 19.3 Å². The molecule has 0 nitrogen and oxygen atoms in total. The molecule has 0 radical (unpaired) electrons. The van der Waals surface area contributed by atoms with Gasteiger partial charge in [0.15, 0.2) is 0 Å². The van der Waals surface area contributed by atoms with E-state index in [0.717, 1.165) is 12.3 Å². The van der Waals surface area contributed by atoms with Crippen LogP contribution in [0, 0.1) is 18.3 Å². The van der Waals surface area contributed by atoms with Crippen molar-refractivity contribution in [3.8, 4) is 0 Å². The number of hydrogen-bond donors (Lipinski definition) is 0. The first-order valence-electron chi connectivity index (χ1n) is 10.8. The number of hydrogen-bond acceptors (Lipinski definition) is 0. The fourth-order valence-electron chi connectivity index (χ4n) is 5.75. The molecule has 0 heteroatoms. The zero-order chi connectivity index (χ0) is 18.9. The minimum Gasteiger partial charge on any atom is -0.103 e. The van der Waals surface area contributed by atoms with Crippen LogP contribution in [0.1, 0.15) is 93.5 Å². The third-order valence-corrected chi connectivity index (χ3v) is 7.11. The first-order chi connectivity index (χ1) is 12.4. The first-order valence-corrected chi connectivity index (χ1v) is 10.8. The summed E-state index contributed by atoms with van der Waals surface area (Å²) in [4.78, 5) is 0. The van der Waals surface area contributed by atoms with Crippen molar-refractivity contribution in [3.63, 3.8) is 0 Å². The molecule has 0 heterocycles. The van der Waals surface area contributed by atoms with E-state index in [2.05, 4.69) is 59.4 Å². The Labute approximate surface area is 161 Å². The average molecular weight is 351 g/mol. The summed E-state index contributed by atoms with van der Waals surface area (Å²) in [5.41, 5.74) is 10.1. The van der Waals surface area contributed by atoms with Crippen molar-refractivity contribution in [1.82, 2.24) is 0 Å². The van der Waals surface area contributed by atoms with Crippen LogP contribution < -0.4 is 0 Å². The summed E-state index contributed by atoms with van der Waals surface area (Å²) in [7, 11) is 0. The van der Waals surface area contributed by atoms with E-state index in [9.17, 15) is 0 Å². The smallest absolute Gasteiger partial charge is 0.00829 e. The van der Waals surface area contributed by atoms with Gasteiger partial charge >= 0.3 is 0 Å². The molecule has 1 aromatic rings. The van der Waals surface area contributed by atoms with Crippen molar-refractivity contribution in [3.05, 3.63) is 58.2 Å². The second-order valence-electron chi connectivity index (χ2n) is 9.53. The van der Waals surface area contributed by atoms with Gasteiger partial charge in [-0.05, 0) is 97.4 Å². The van der Waals surface area contributed by atoms with Gasteiger partial charge in [-0.1, -0.05) is 57.4 Å². The van der Waals surface area contributed by atoms with Gasteiger partial charge in [0.05, 0.1) is 0 Å². The van der Waals surface area contributed by atoms with E-state index in [1.807, 2.05) is 0 Å². The molecule has 0 saturated heterocycles. The maximum Gasteiger partial charge on any atom is -0.00829 e. The maximum absolute atomic E-state index is 4.05. The largest absolute Gasteiger partial charge is 0.103 e. The number of benzene rings is 1. The highest BCUT2D eigenvalue weighted by atomic mass is 14.5. The van der Waals surface area contributed by atoms with Crippen molar-refractivity contribution < 1.29 is 0 Å². The van der Waals surface area contributed by atoms with Gasteiger partial charge in [0.2, 0.25) is 0 Å². The van der Waals surface area contributed by atoms with E-state index in [-0.39, 0.29) is 0 Å². The highest BCUT2D eigenvalue weighted by molar-refractivity contribution is 5.51. The molecule has 0 bridgehead atoms. The standard InChI is InChI=1S/C26H38/c1-7-9-10-12-20-16-21-17-26(5,6)24-14-13-18(3)15-23(24)25(21)19(4)22(20)11-8-2/h8,13,16,23-24H,2,7,9-12,14-15,17H2,1,3-6H3. The van der Waals surface area contributed by atoms with Crippen molar-refractivity contribution in [2.45, 2.75) is 91.9 Å². The predicted molar refractivity (Wildman–Crippen MR) is 115 cm³/mol. The Morgan fingerprint density at radius 2 is 2.00 bits per heavy atom. The van der Waals surface area contributed by atoms with Crippen molar-refractivity contribution >= 4 is 0 Å². The lowest BCUT2D eigenvalue weighted by Gasteiger charge is -2.48. The van der Waals surface area contributed by atoms with E-state index in [1.54, 1.807) is 33.4 Å². The maximum atomic E-state index is 4.05. The summed E-state index contributed by atoms with van der Waals surface area (Å²) < 4.78 is 0. The summed E-state index contributed by atoms with van der Waals surface area (Å²) >= 11 is 0. The first kappa shape index (κ1) is 19.5. The number of fused-ring (bicyclic) bond motifs is 3. The minimum absolute atomic E-state index is 0.405. The van der Waals surface area contributed by atoms with Gasteiger partial charge in [0.25, 0.3) is 0 Å². The molecular weight excluding hydrogens is 312 g/mol. The number of allylic oxidation sites excluding steroid dienone is 3. The lowest BCUT2D eigenvalue weighted by atomic mass is 9.56. The second-order valence-corrected chi connectivity index (χ2v) is 9.53. The number of aryl methyl sites for hydroxylation is 1. The lowest BCUT2D eigenvalue weighted by Crippen LogP contribution is -2.38. The Balaban J connectivity index is 2.09. The molecule has 3 rings (SSSR count). The normalized spacial score (nSPS) is 23.8. The van der Waals surface area contributed by atoms with Gasteiger partial charge < -0.3 is 0 Å². The summed E-state index contributed by atoms with van der Waals surface area (Å²) in [6, 6.07) is 2.60. The van der Waals surface area contributed by atoms with Crippen LogP contribution in [0.4, 0.5) is 0 Å². The Hall–Kier alpha value is -1.30. The highest BCUT2D eigenvalue weighted by Crippen LogP contribution is 2.54. The fraction of sp³-hybridized carbons (Fsp3) is 0.615. The van der Waals surface area contributed by atoms with E-state index in [1.165, 1.54) is 44.9 Å². The van der Waals surface area contributed by atoms with Gasteiger partial charge in [0.1, 0.15) is 0 Å². The monoisotopic (exact) mass is 350 g/mol. The Bertz CT molecular complexity index is 701. The molecule has 2 unspecified atom stereocenters. The van der Waals surface area contributed by atoms with Crippen LogP contribution in [0.25, 0.3) is 0 Å². The van der Waals surface area contributed by atoms with E-state index >= 15 is 0 Å². The van der Waals surface area contributed by atoms with Crippen LogP contribution in [0.15, 0.2) is 30.4 Å². The van der Waals surface area contributed by atoms with Gasteiger partial charge in [-0.25, -0.2) is 0 Å². The van der Waals surface area contributed by atoms with E-state index < -0.39 is 0 Å². The topological polar surface area (TPSA) is 0 Å². The van der Waals surface area contributed by atoms with Crippen LogP contribution in [0.2, 0.25) is 0 Å². The molecule has 0 spiro atoms. The molecule has 2 atom stereocenters. The SMILES string of the molecule is C=CCc1c(CCCCC)cc2c(c1C)C1CC(C)=CCC1C(C)(C)C2. The minimum atomic E-state index is 0.405. The third kappa shape index (κ3) is 3.57. The average Bonchev–Trinajstić information content (AvgIpc) is 2.57. The molecule has 26 heavy (non-hydrogen) atoms. The van der Waals surface area contributed by atoms with E-state index in [0.29, 0.717) is 11.3 Å². The molecule has 2 aliphatic carbocycles. The van der Waals surface area contributed by atoms with Crippen molar-refractivity contribution in [2.24, 2.45) is 11.3 Å². The zero-order valence-corrected chi connectivity index (χ0v) is 17.8. The predicted octanol–water partition coefficient (Wildman–Crippen LogP) is 7.48. The van der Waals surface area contributed by atoms with Crippen molar-refractivity contribution in [2.75, 3.05) is 0 Å². The molecule has 1 aromatic carbocycles. The van der Waals surface area contributed by atoms with Gasteiger partial charge in [0, 0.05) is 0 Å². The molecule has 0 saturated carbocycles. The highest BCUT2D eigenvalue weighted by Gasteiger charge is 2.43. The molecule has 0 N–H and O–H groups in total. The Morgan fingerprint density at radius 1 is 1.23 bits per heavy atom. The van der Waals surface area contributed by atoms with Gasteiger partial charge in [-0.3, -0.25) is 0 Å². The Kier molecular flexibility index (Phi) is 5.80. The molecule has 2 aliphatic rings. The zero-order valence-electron chi connectivity index (χ0n) is 17.8. The molecule has 0 aliphatic heterocycles. The van der Waals surface area contributed by atoms with Crippen LogP contribution in [0.5, 0.6) is 0 Å². The van der Waals surface area contributed by atoms with Crippen molar-refractivity contribution in [1.29, 1.82) is 0 Å². The van der Waals surface area contributed by atoms with Gasteiger partial charge in [-0.15, -0.1) is 6.58 Å². The second kappa shape index (κ2) is 7.75. The number of unbranched alkanes of at least 4 members (excludes halogenated alkanes) is 2. The van der Waals surface area contributed by atoms with Crippen LogP contribution >= 0.6 is 0 Å². The molecule has 0 amide bonds. The molecule has 0 aromatic heterocycles. The Morgan fingerprint density at radius 3 is 2.69 bits per heavy atom. The van der Waals surface area contributed by atoms with Gasteiger partial charge in [-0.2, -0.15) is 0 Å². The molecule has 142 valence electrons. The molecular formula is C26H38. The van der Waals surface area contributed by atoms with Crippen LogP contribution in [-0.4, -0.2) is 0 Å². The summed E-state index contributed by atoms with van der Waals surface area (Å²) in [5.74, 6) is 1.51. The summed E-state index contributed by atoms with van der Waals surface area (Å²) in [6.07, 6.45) is 14.6. The fourth-order valence-corrected chi connectivity index (χ4v) is 5.75. The summed E-state index contributed by atoms with van der Waals surface area (Å²) in [6.45, 7) is 16.1. The quantitative estimate of drug-likeness (QED) is 0.368.